The maximum atomic E-state index is 11.2. The first-order valence-corrected chi connectivity index (χ1v) is 5.80. The van der Waals surface area contributed by atoms with Crippen LogP contribution in [0.5, 0.6) is 0 Å². The van der Waals surface area contributed by atoms with E-state index in [-0.39, 0.29) is 5.97 Å². The normalized spacial score (nSPS) is 12.8. The molecule has 0 aliphatic carbocycles. The minimum absolute atomic E-state index is 0.327. The van der Waals surface area contributed by atoms with Gasteiger partial charge >= 0.3 is 5.97 Å². The second kappa shape index (κ2) is 5.45. The Kier molecular flexibility index (Phi) is 3.72. The maximum absolute atomic E-state index is 11.2. The average molecular weight is 241 g/mol. The number of hydrogen-bond donors (Lipinski definition) is 0. The molecular weight excluding hydrogens is 226 g/mol. The lowest BCUT2D eigenvalue weighted by atomic mass is 10.1. The van der Waals surface area contributed by atoms with Gasteiger partial charge in [0.2, 0.25) is 0 Å². The van der Waals surface area contributed by atoms with Crippen LogP contribution in [0.1, 0.15) is 12.5 Å². The van der Waals surface area contributed by atoms with Crippen LogP contribution in [0.25, 0.3) is 10.8 Å². The molecule has 0 bridgehead atoms. The molecule has 0 amide bonds. The third-order valence-electron chi connectivity index (χ3n) is 2.76. The van der Waals surface area contributed by atoms with Crippen molar-refractivity contribution in [2.75, 3.05) is 7.11 Å². The summed E-state index contributed by atoms with van der Waals surface area (Å²) in [5, 5.41) is 2.35. The van der Waals surface area contributed by atoms with Crippen molar-refractivity contribution in [3.8, 4) is 0 Å². The summed E-state index contributed by atoms with van der Waals surface area (Å²) in [6, 6.07) is 13.7. The highest BCUT2D eigenvalue weighted by Crippen LogP contribution is 2.14. The highest BCUT2D eigenvalue weighted by Gasteiger charge is 2.09. The zero-order valence-corrected chi connectivity index (χ0v) is 10.5. The Bertz CT molecular complexity index is 590. The van der Waals surface area contributed by atoms with Crippen LogP contribution in [-0.2, 0) is 9.53 Å². The van der Waals surface area contributed by atoms with Crippen LogP contribution in [0.15, 0.2) is 47.5 Å². The number of nitrogens with zero attached hydrogens (tertiary/aromatic N) is 1. The Labute approximate surface area is 106 Å². The van der Waals surface area contributed by atoms with Crippen LogP contribution in [-0.4, -0.2) is 25.3 Å². The highest BCUT2D eigenvalue weighted by atomic mass is 16.5. The molecule has 18 heavy (non-hydrogen) atoms. The number of benzene rings is 2. The van der Waals surface area contributed by atoms with Gasteiger partial charge in [0, 0.05) is 6.21 Å². The Balaban J connectivity index is 2.21. The molecule has 0 aliphatic heterocycles. The summed E-state index contributed by atoms with van der Waals surface area (Å²) in [6.07, 6.45) is 1.70. The van der Waals surface area contributed by atoms with Crippen molar-refractivity contribution in [3.63, 3.8) is 0 Å². The molecule has 0 fully saturated rings. The Morgan fingerprint density at radius 1 is 1.22 bits per heavy atom. The molecule has 0 aliphatic rings. The van der Waals surface area contributed by atoms with Crippen molar-refractivity contribution in [2.45, 2.75) is 13.0 Å². The second-order valence-electron chi connectivity index (χ2n) is 4.08. The number of fused-ring (bicyclic) bond motifs is 1. The number of hydrogen-bond acceptors (Lipinski definition) is 3. The van der Waals surface area contributed by atoms with E-state index >= 15 is 0 Å². The Morgan fingerprint density at radius 3 is 2.67 bits per heavy atom. The van der Waals surface area contributed by atoms with Gasteiger partial charge in [-0.3, -0.25) is 4.99 Å². The number of methoxy groups -OCH3 is 1. The van der Waals surface area contributed by atoms with E-state index < -0.39 is 6.04 Å². The van der Waals surface area contributed by atoms with Crippen molar-refractivity contribution in [2.24, 2.45) is 4.99 Å². The maximum Gasteiger partial charge on any atom is 0.330 e. The van der Waals surface area contributed by atoms with E-state index in [1.165, 1.54) is 12.5 Å². The van der Waals surface area contributed by atoms with Crippen molar-refractivity contribution < 1.29 is 9.53 Å². The number of ether oxygens (including phenoxy) is 1. The number of rotatable bonds is 3. The molecule has 0 N–H and O–H groups in total. The second-order valence-corrected chi connectivity index (χ2v) is 4.08. The summed E-state index contributed by atoms with van der Waals surface area (Å²) in [6.45, 7) is 1.71. The van der Waals surface area contributed by atoms with Crippen molar-refractivity contribution in [1.82, 2.24) is 0 Å². The lowest BCUT2D eigenvalue weighted by Crippen LogP contribution is -2.16. The fourth-order valence-electron chi connectivity index (χ4n) is 1.72. The van der Waals surface area contributed by atoms with Crippen LogP contribution in [0.3, 0.4) is 0 Å². The van der Waals surface area contributed by atoms with E-state index in [0.29, 0.717) is 0 Å². The molecule has 0 heterocycles. The first-order valence-electron chi connectivity index (χ1n) is 5.80. The molecule has 0 radical (unpaired) electrons. The van der Waals surface area contributed by atoms with Crippen LogP contribution >= 0.6 is 0 Å². The van der Waals surface area contributed by atoms with Gasteiger partial charge in [-0.15, -0.1) is 0 Å². The third-order valence-corrected chi connectivity index (χ3v) is 2.76. The number of carbonyl (C=O) groups is 1. The van der Waals surface area contributed by atoms with E-state index in [9.17, 15) is 4.79 Å². The van der Waals surface area contributed by atoms with Gasteiger partial charge in [0.25, 0.3) is 0 Å². The lowest BCUT2D eigenvalue weighted by Gasteiger charge is -2.03. The molecule has 3 heteroatoms. The minimum atomic E-state index is -0.471. The topological polar surface area (TPSA) is 38.7 Å². The average Bonchev–Trinajstić information content (AvgIpc) is 2.43. The summed E-state index contributed by atoms with van der Waals surface area (Å²) < 4.78 is 4.62. The van der Waals surface area contributed by atoms with E-state index in [2.05, 4.69) is 21.9 Å². The smallest absolute Gasteiger partial charge is 0.330 e. The molecule has 3 nitrogen and oxygen atoms in total. The molecular formula is C15H15NO2. The molecule has 92 valence electrons. The molecule has 0 saturated carbocycles. The van der Waals surface area contributed by atoms with E-state index in [0.717, 1.165) is 10.9 Å². The van der Waals surface area contributed by atoms with Gasteiger partial charge < -0.3 is 4.74 Å². The minimum Gasteiger partial charge on any atom is -0.467 e. The molecule has 2 rings (SSSR count). The number of carbonyl (C=O) groups excluding carboxylic acids is 1. The highest BCUT2D eigenvalue weighted by molar-refractivity contribution is 5.91. The van der Waals surface area contributed by atoms with Crippen molar-refractivity contribution >= 4 is 23.0 Å². The monoisotopic (exact) mass is 241 g/mol. The molecule has 0 saturated heterocycles. The standard InChI is InChI=1S/C15H15NO2/c1-11(15(17)18-2)16-10-12-7-8-13-5-3-4-6-14(13)9-12/h3-11H,1-2H3. The first kappa shape index (κ1) is 12.3. The Morgan fingerprint density at radius 2 is 1.94 bits per heavy atom. The van der Waals surface area contributed by atoms with Gasteiger partial charge in [0.05, 0.1) is 7.11 Å². The summed E-state index contributed by atoms with van der Waals surface area (Å²) in [7, 11) is 1.37. The van der Waals surface area contributed by atoms with Crippen LogP contribution in [0, 0.1) is 0 Å². The van der Waals surface area contributed by atoms with E-state index in [1.807, 2.05) is 30.3 Å². The van der Waals surface area contributed by atoms with Crippen molar-refractivity contribution in [1.29, 1.82) is 0 Å². The molecule has 1 unspecified atom stereocenters. The quantitative estimate of drug-likeness (QED) is 0.612. The van der Waals surface area contributed by atoms with Crippen LogP contribution < -0.4 is 0 Å². The van der Waals surface area contributed by atoms with Gasteiger partial charge in [-0.05, 0) is 29.3 Å². The van der Waals surface area contributed by atoms with Gasteiger partial charge in [0.1, 0.15) is 6.04 Å². The molecule has 0 aromatic heterocycles. The van der Waals surface area contributed by atoms with Gasteiger partial charge in [-0.2, -0.15) is 0 Å². The predicted molar refractivity (Wildman–Crippen MR) is 73.0 cm³/mol. The molecule has 2 aromatic carbocycles. The molecule has 2 aromatic rings. The fourth-order valence-corrected chi connectivity index (χ4v) is 1.72. The Hall–Kier alpha value is -2.16. The van der Waals surface area contributed by atoms with E-state index in [4.69, 9.17) is 0 Å². The third kappa shape index (κ3) is 2.74. The summed E-state index contributed by atoms with van der Waals surface area (Å²) in [4.78, 5) is 15.4. The first-order chi connectivity index (χ1) is 8.70. The number of esters is 1. The van der Waals surface area contributed by atoms with Gasteiger partial charge in [-0.25, -0.2) is 4.79 Å². The van der Waals surface area contributed by atoms with Gasteiger partial charge in [0.15, 0.2) is 0 Å². The summed E-state index contributed by atoms with van der Waals surface area (Å²) in [5.74, 6) is -0.327. The largest absolute Gasteiger partial charge is 0.467 e. The number of aliphatic imine (C=N–C) groups is 1. The zero-order chi connectivity index (χ0) is 13.0. The van der Waals surface area contributed by atoms with Crippen LogP contribution in [0.4, 0.5) is 0 Å². The van der Waals surface area contributed by atoms with E-state index in [1.54, 1.807) is 13.1 Å². The molecule has 1 atom stereocenters. The van der Waals surface area contributed by atoms with Crippen molar-refractivity contribution in [3.05, 3.63) is 48.0 Å². The summed E-state index contributed by atoms with van der Waals surface area (Å²) >= 11 is 0. The fraction of sp³-hybridized carbons (Fsp3) is 0.200. The zero-order valence-electron chi connectivity index (χ0n) is 10.5. The molecule has 0 spiro atoms. The SMILES string of the molecule is COC(=O)C(C)N=Cc1ccc2ccccc2c1. The van der Waals surface area contributed by atoms with Gasteiger partial charge in [-0.1, -0.05) is 36.4 Å². The predicted octanol–water partition coefficient (Wildman–Crippen LogP) is 2.82. The van der Waals surface area contributed by atoms with Crippen LogP contribution in [0.2, 0.25) is 0 Å². The summed E-state index contributed by atoms with van der Waals surface area (Å²) in [5.41, 5.74) is 0.976. The lowest BCUT2D eigenvalue weighted by molar-refractivity contribution is -0.141.